The fraction of sp³-hybridized carbons (Fsp3) is 0.312. The molecular formula is C16H21N3O2S. The Morgan fingerprint density at radius 1 is 1.18 bits per heavy atom. The fourth-order valence-electron chi connectivity index (χ4n) is 2.22. The number of anilines is 1. The maximum atomic E-state index is 12.5. The molecular weight excluding hydrogens is 298 g/mol. The Balaban J connectivity index is 2.26. The smallest absolute Gasteiger partial charge is 0.241 e. The zero-order valence-corrected chi connectivity index (χ0v) is 14.1. The van der Waals surface area contributed by atoms with Crippen molar-refractivity contribution in [1.29, 1.82) is 0 Å². The van der Waals surface area contributed by atoms with Gasteiger partial charge in [0.25, 0.3) is 0 Å². The largest absolute Gasteiger partial charge is 0.362 e. The van der Waals surface area contributed by atoms with Gasteiger partial charge in [0.1, 0.15) is 5.82 Å². The van der Waals surface area contributed by atoms with Crippen LogP contribution in [0.15, 0.2) is 41.4 Å². The van der Waals surface area contributed by atoms with E-state index in [0.29, 0.717) is 4.90 Å². The molecule has 0 saturated carbocycles. The Bertz CT molecular complexity index is 771. The predicted molar refractivity (Wildman–Crippen MR) is 88.5 cm³/mol. The van der Waals surface area contributed by atoms with Crippen LogP contribution < -0.4 is 9.62 Å². The Morgan fingerprint density at radius 3 is 2.59 bits per heavy atom. The zero-order valence-electron chi connectivity index (χ0n) is 13.3. The maximum Gasteiger partial charge on any atom is 0.241 e. The molecule has 0 aliphatic rings. The third kappa shape index (κ3) is 3.64. The monoisotopic (exact) mass is 319 g/mol. The van der Waals surface area contributed by atoms with Gasteiger partial charge in [-0.05, 0) is 37.1 Å². The van der Waals surface area contributed by atoms with E-state index in [4.69, 9.17) is 0 Å². The van der Waals surface area contributed by atoms with Crippen LogP contribution in [0, 0.1) is 13.8 Å². The van der Waals surface area contributed by atoms with Gasteiger partial charge < -0.3 is 4.90 Å². The van der Waals surface area contributed by atoms with Crippen molar-refractivity contribution < 1.29 is 8.42 Å². The van der Waals surface area contributed by atoms with Gasteiger partial charge in [0.2, 0.25) is 10.0 Å². The van der Waals surface area contributed by atoms with E-state index >= 15 is 0 Å². The minimum absolute atomic E-state index is 0.205. The fourth-order valence-corrected chi connectivity index (χ4v) is 3.55. The standard InChI is InChI=1S/C16H21N3O2S/c1-12-7-8-13(2)15(10-12)22(20,21)18-11-14-6-5-9-17-16(14)19(3)4/h5-10,18H,11H2,1-4H3. The van der Waals surface area contributed by atoms with Crippen molar-refractivity contribution in [2.45, 2.75) is 25.3 Å². The second kappa shape index (κ2) is 6.46. The number of nitrogens with zero attached hydrogens (tertiary/aromatic N) is 2. The molecule has 0 saturated heterocycles. The third-order valence-electron chi connectivity index (χ3n) is 3.38. The Labute approximate surface area is 132 Å². The lowest BCUT2D eigenvalue weighted by molar-refractivity contribution is 0.580. The van der Waals surface area contributed by atoms with Crippen molar-refractivity contribution in [3.05, 3.63) is 53.2 Å². The van der Waals surface area contributed by atoms with Gasteiger partial charge in [0.05, 0.1) is 4.90 Å². The highest BCUT2D eigenvalue weighted by Gasteiger charge is 2.17. The minimum atomic E-state index is -3.55. The van der Waals surface area contributed by atoms with Gasteiger partial charge >= 0.3 is 0 Å². The van der Waals surface area contributed by atoms with E-state index < -0.39 is 10.0 Å². The molecule has 0 unspecified atom stereocenters. The molecule has 0 bridgehead atoms. The SMILES string of the molecule is Cc1ccc(C)c(S(=O)(=O)NCc2cccnc2N(C)C)c1. The average Bonchev–Trinajstić information content (AvgIpc) is 2.48. The number of pyridine rings is 1. The highest BCUT2D eigenvalue weighted by atomic mass is 32.2. The molecule has 0 radical (unpaired) electrons. The van der Waals surface area contributed by atoms with Crippen LogP contribution in [0.1, 0.15) is 16.7 Å². The van der Waals surface area contributed by atoms with Crippen LogP contribution >= 0.6 is 0 Å². The van der Waals surface area contributed by atoms with Crippen molar-refractivity contribution in [2.24, 2.45) is 0 Å². The predicted octanol–water partition coefficient (Wildman–Crippen LogP) is 2.24. The van der Waals surface area contributed by atoms with E-state index in [1.54, 1.807) is 25.3 Å². The summed E-state index contributed by atoms with van der Waals surface area (Å²) in [6.45, 7) is 3.88. The highest BCUT2D eigenvalue weighted by Crippen LogP contribution is 2.19. The third-order valence-corrected chi connectivity index (χ3v) is 4.92. The Kier molecular flexibility index (Phi) is 4.83. The summed E-state index contributed by atoms with van der Waals surface area (Å²) in [5, 5.41) is 0. The topological polar surface area (TPSA) is 62.3 Å². The molecule has 2 aromatic rings. The Hall–Kier alpha value is -1.92. The number of sulfonamides is 1. The summed E-state index contributed by atoms with van der Waals surface area (Å²) < 4.78 is 27.7. The average molecular weight is 319 g/mol. The number of hydrogen-bond donors (Lipinski definition) is 1. The first-order chi connectivity index (χ1) is 10.3. The van der Waals surface area contributed by atoms with Gasteiger partial charge in [-0.1, -0.05) is 18.2 Å². The van der Waals surface area contributed by atoms with Gasteiger partial charge in [-0.3, -0.25) is 0 Å². The van der Waals surface area contributed by atoms with Crippen molar-refractivity contribution >= 4 is 15.8 Å². The van der Waals surface area contributed by atoms with Crippen molar-refractivity contribution in [3.8, 4) is 0 Å². The van der Waals surface area contributed by atoms with Gasteiger partial charge in [-0.2, -0.15) is 0 Å². The first kappa shape index (κ1) is 16.5. The number of benzene rings is 1. The maximum absolute atomic E-state index is 12.5. The summed E-state index contributed by atoms with van der Waals surface area (Å²) in [5.74, 6) is 0.756. The van der Waals surface area contributed by atoms with Gasteiger partial charge in [-0.15, -0.1) is 0 Å². The lowest BCUT2D eigenvalue weighted by Gasteiger charge is -2.16. The van der Waals surface area contributed by atoms with Gasteiger partial charge in [0.15, 0.2) is 0 Å². The first-order valence-corrected chi connectivity index (χ1v) is 8.48. The van der Waals surface area contributed by atoms with E-state index in [9.17, 15) is 8.42 Å². The summed E-state index contributed by atoms with van der Waals surface area (Å²) in [4.78, 5) is 6.46. The summed E-state index contributed by atoms with van der Waals surface area (Å²) in [5.41, 5.74) is 2.49. The van der Waals surface area contributed by atoms with Crippen LogP contribution in [0.5, 0.6) is 0 Å². The normalized spacial score (nSPS) is 11.5. The van der Waals surface area contributed by atoms with Crippen LogP contribution in [0.3, 0.4) is 0 Å². The quantitative estimate of drug-likeness (QED) is 0.918. The summed E-state index contributed by atoms with van der Waals surface area (Å²) in [6, 6.07) is 9.08. The molecule has 2 rings (SSSR count). The number of aryl methyl sites for hydroxylation is 2. The van der Waals surface area contributed by atoms with Crippen molar-refractivity contribution in [3.63, 3.8) is 0 Å². The minimum Gasteiger partial charge on any atom is -0.362 e. The van der Waals surface area contributed by atoms with Crippen molar-refractivity contribution in [2.75, 3.05) is 19.0 Å². The molecule has 118 valence electrons. The van der Waals surface area contributed by atoms with E-state index in [1.807, 2.05) is 44.1 Å². The molecule has 0 fully saturated rings. The summed E-state index contributed by atoms with van der Waals surface area (Å²) in [6.07, 6.45) is 1.69. The molecule has 1 aromatic carbocycles. The first-order valence-electron chi connectivity index (χ1n) is 6.99. The molecule has 0 spiro atoms. The van der Waals surface area contributed by atoms with Crippen LogP contribution in [-0.4, -0.2) is 27.5 Å². The van der Waals surface area contributed by atoms with E-state index in [2.05, 4.69) is 9.71 Å². The van der Waals surface area contributed by atoms with E-state index in [-0.39, 0.29) is 6.54 Å². The lowest BCUT2D eigenvalue weighted by Crippen LogP contribution is -2.25. The second-order valence-electron chi connectivity index (χ2n) is 5.47. The molecule has 0 aliphatic heterocycles. The number of aromatic nitrogens is 1. The van der Waals surface area contributed by atoms with E-state index in [1.165, 1.54) is 0 Å². The van der Waals surface area contributed by atoms with Crippen LogP contribution in [-0.2, 0) is 16.6 Å². The molecule has 1 N–H and O–H groups in total. The van der Waals surface area contributed by atoms with E-state index in [0.717, 1.165) is 22.5 Å². The van der Waals surface area contributed by atoms with Crippen LogP contribution in [0.25, 0.3) is 0 Å². The van der Waals surface area contributed by atoms with Gasteiger partial charge in [-0.25, -0.2) is 18.1 Å². The highest BCUT2D eigenvalue weighted by molar-refractivity contribution is 7.89. The summed E-state index contributed by atoms with van der Waals surface area (Å²) >= 11 is 0. The molecule has 1 aromatic heterocycles. The lowest BCUT2D eigenvalue weighted by atomic mass is 10.2. The number of rotatable bonds is 5. The number of hydrogen-bond acceptors (Lipinski definition) is 4. The van der Waals surface area contributed by atoms with Gasteiger partial charge in [0, 0.05) is 32.4 Å². The van der Waals surface area contributed by atoms with Crippen molar-refractivity contribution in [1.82, 2.24) is 9.71 Å². The molecule has 0 amide bonds. The van der Waals surface area contributed by atoms with Crippen LogP contribution in [0.4, 0.5) is 5.82 Å². The molecule has 1 heterocycles. The summed E-state index contributed by atoms with van der Waals surface area (Å²) in [7, 11) is 0.210. The molecule has 6 heteroatoms. The molecule has 0 aliphatic carbocycles. The number of nitrogens with one attached hydrogen (secondary N) is 1. The molecule has 22 heavy (non-hydrogen) atoms. The zero-order chi connectivity index (χ0) is 16.3. The Morgan fingerprint density at radius 2 is 1.91 bits per heavy atom. The van der Waals surface area contributed by atoms with Crippen LogP contribution in [0.2, 0.25) is 0 Å². The molecule has 0 atom stereocenters. The second-order valence-corrected chi connectivity index (χ2v) is 7.21. The molecule has 5 nitrogen and oxygen atoms in total.